The number of benzene rings is 2. The highest BCUT2D eigenvalue weighted by atomic mass is 16.5. The van der Waals surface area contributed by atoms with Crippen LogP contribution >= 0.6 is 0 Å². The molecule has 30 heavy (non-hydrogen) atoms. The van der Waals surface area contributed by atoms with Crippen LogP contribution in [0.25, 0.3) is 0 Å². The first-order valence-corrected chi connectivity index (χ1v) is 10.2. The van der Waals surface area contributed by atoms with Crippen LogP contribution in [0.5, 0.6) is 11.5 Å². The van der Waals surface area contributed by atoms with E-state index in [4.69, 9.17) is 14.7 Å². The highest BCUT2D eigenvalue weighted by Gasteiger charge is 2.15. The summed E-state index contributed by atoms with van der Waals surface area (Å²) in [7, 11) is 0. The standard InChI is InChI=1S/C23H28N4O3/c24-10-5-11-27(13-12-26-14-16-29-17-15-26)19-23(28)25-20-6-4-9-22(18-20)30-21-7-2-1-3-8-21/h1-4,6-9,18H,5,11-17,19H2,(H,25,28). The third-order valence-corrected chi connectivity index (χ3v) is 4.84. The molecule has 1 N–H and O–H groups in total. The van der Waals surface area contributed by atoms with Gasteiger partial charge in [0.15, 0.2) is 0 Å². The summed E-state index contributed by atoms with van der Waals surface area (Å²) in [5.74, 6) is 1.30. The molecule has 7 nitrogen and oxygen atoms in total. The number of hydrogen-bond acceptors (Lipinski definition) is 6. The van der Waals surface area contributed by atoms with Crippen molar-refractivity contribution in [2.45, 2.75) is 6.42 Å². The summed E-state index contributed by atoms with van der Waals surface area (Å²) in [5, 5.41) is 11.9. The second-order valence-corrected chi connectivity index (χ2v) is 7.13. The molecular weight excluding hydrogens is 380 g/mol. The number of hydrogen-bond donors (Lipinski definition) is 1. The minimum atomic E-state index is -0.105. The van der Waals surface area contributed by atoms with Gasteiger partial charge in [0.2, 0.25) is 5.91 Å². The Morgan fingerprint density at radius 3 is 2.63 bits per heavy atom. The molecule has 1 aliphatic heterocycles. The van der Waals surface area contributed by atoms with Crippen LogP contribution in [0, 0.1) is 11.3 Å². The fourth-order valence-electron chi connectivity index (χ4n) is 3.25. The number of carbonyl (C=O) groups excluding carboxylic acids is 1. The van der Waals surface area contributed by atoms with E-state index in [2.05, 4.69) is 16.3 Å². The van der Waals surface area contributed by atoms with Gasteiger partial charge in [0.25, 0.3) is 0 Å². The third kappa shape index (κ3) is 7.48. The molecule has 3 rings (SSSR count). The molecule has 1 saturated heterocycles. The molecule has 0 radical (unpaired) electrons. The van der Waals surface area contributed by atoms with E-state index in [-0.39, 0.29) is 12.5 Å². The molecule has 0 spiro atoms. The van der Waals surface area contributed by atoms with Gasteiger partial charge in [-0.05, 0) is 24.3 Å². The second kappa shape index (κ2) is 11.9. The van der Waals surface area contributed by atoms with Gasteiger partial charge in [-0.1, -0.05) is 24.3 Å². The van der Waals surface area contributed by atoms with E-state index < -0.39 is 0 Å². The van der Waals surface area contributed by atoms with Crippen molar-refractivity contribution in [2.24, 2.45) is 0 Å². The van der Waals surface area contributed by atoms with Gasteiger partial charge >= 0.3 is 0 Å². The summed E-state index contributed by atoms with van der Waals surface area (Å²) in [6.07, 6.45) is 0.400. The number of nitrogens with zero attached hydrogens (tertiary/aromatic N) is 3. The molecule has 0 atom stereocenters. The Bertz CT molecular complexity index is 832. The van der Waals surface area contributed by atoms with Crippen molar-refractivity contribution in [1.82, 2.24) is 9.80 Å². The lowest BCUT2D eigenvalue weighted by Crippen LogP contribution is -2.43. The summed E-state index contributed by atoms with van der Waals surface area (Å²) in [5.41, 5.74) is 0.682. The first kappa shape index (κ1) is 21.8. The fraction of sp³-hybridized carbons (Fsp3) is 0.391. The largest absolute Gasteiger partial charge is 0.457 e. The predicted octanol–water partition coefficient (Wildman–Crippen LogP) is 2.97. The average molecular weight is 409 g/mol. The van der Waals surface area contributed by atoms with Gasteiger partial charge in [-0.15, -0.1) is 0 Å². The first-order valence-electron chi connectivity index (χ1n) is 10.2. The van der Waals surface area contributed by atoms with Gasteiger partial charge in [0.05, 0.1) is 25.8 Å². The van der Waals surface area contributed by atoms with Crippen molar-refractivity contribution in [3.05, 3.63) is 54.6 Å². The highest BCUT2D eigenvalue weighted by molar-refractivity contribution is 5.92. The lowest BCUT2D eigenvalue weighted by atomic mass is 10.3. The monoisotopic (exact) mass is 408 g/mol. The van der Waals surface area contributed by atoms with E-state index in [0.717, 1.165) is 45.1 Å². The molecule has 1 amide bonds. The second-order valence-electron chi connectivity index (χ2n) is 7.13. The van der Waals surface area contributed by atoms with Crippen LogP contribution in [0.15, 0.2) is 54.6 Å². The van der Waals surface area contributed by atoms with E-state index in [1.807, 2.05) is 53.4 Å². The van der Waals surface area contributed by atoms with E-state index in [1.165, 1.54) is 0 Å². The molecule has 2 aromatic carbocycles. The Kier molecular flexibility index (Phi) is 8.66. The summed E-state index contributed by atoms with van der Waals surface area (Å²) in [6.45, 7) is 5.75. The van der Waals surface area contributed by atoms with Crippen LogP contribution < -0.4 is 10.1 Å². The third-order valence-electron chi connectivity index (χ3n) is 4.84. The van der Waals surface area contributed by atoms with E-state index in [1.54, 1.807) is 6.07 Å². The van der Waals surface area contributed by atoms with Gasteiger partial charge in [0.1, 0.15) is 11.5 Å². The van der Waals surface area contributed by atoms with Crippen molar-refractivity contribution in [3.8, 4) is 17.6 Å². The van der Waals surface area contributed by atoms with Gasteiger partial charge < -0.3 is 14.8 Å². The van der Waals surface area contributed by atoms with Crippen LogP contribution in [0.1, 0.15) is 6.42 Å². The topological polar surface area (TPSA) is 77.8 Å². The maximum Gasteiger partial charge on any atom is 0.238 e. The molecule has 1 fully saturated rings. The Hall–Kier alpha value is -2.92. The number of rotatable bonds is 10. The predicted molar refractivity (Wildman–Crippen MR) is 116 cm³/mol. The SMILES string of the molecule is N#CCCN(CCN1CCOCC1)CC(=O)Nc1cccc(Oc2ccccc2)c1. The maximum absolute atomic E-state index is 12.6. The van der Waals surface area contributed by atoms with E-state index in [0.29, 0.717) is 24.4 Å². The normalized spacial score (nSPS) is 14.3. The van der Waals surface area contributed by atoms with Crippen LogP contribution in [0.2, 0.25) is 0 Å². The Labute approximate surface area is 177 Å². The highest BCUT2D eigenvalue weighted by Crippen LogP contribution is 2.23. The number of carbonyl (C=O) groups is 1. The summed E-state index contributed by atoms with van der Waals surface area (Å²) in [6, 6.07) is 19.0. The molecule has 0 aliphatic carbocycles. The fourth-order valence-corrected chi connectivity index (χ4v) is 3.25. The average Bonchev–Trinajstić information content (AvgIpc) is 2.77. The molecular formula is C23H28N4O3. The molecule has 0 aromatic heterocycles. The van der Waals surface area contributed by atoms with E-state index in [9.17, 15) is 4.79 Å². The number of ether oxygens (including phenoxy) is 2. The quantitative estimate of drug-likeness (QED) is 0.651. The van der Waals surface area contributed by atoms with Crippen molar-refractivity contribution in [1.29, 1.82) is 5.26 Å². The molecule has 7 heteroatoms. The molecule has 2 aromatic rings. The van der Waals surface area contributed by atoms with E-state index >= 15 is 0 Å². The molecule has 158 valence electrons. The Morgan fingerprint density at radius 2 is 1.87 bits per heavy atom. The molecule has 0 bridgehead atoms. The molecule has 1 aliphatic rings. The molecule has 0 unspecified atom stereocenters. The van der Waals surface area contributed by atoms with Gasteiger partial charge in [-0.25, -0.2) is 0 Å². The summed E-state index contributed by atoms with van der Waals surface area (Å²) in [4.78, 5) is 16.9. The first-order chi connectivity index (χ1) is 14.7. The van der Waals surface area contributed by atoms with Crippen molar-refractivity contribution in [3.63, 3.8) is 0 Å². The van der Waals surface area contributed by atoms with Crippen molar-refractivity contribution < 1.29 is 14.3 Å². The lowest BCUT2D eigenvalue weighted by Gasteiger charge is -2.29. The van der Waals surface area contributed by atoms with Gasteiger partial charge in [0, 0.05) is 50.9 Å². The Morgan fingerprint density at radius 1 is 1.10 bits per heavy atom. The zero-order valence-corrected chi connectivity index (χ0v) is 17.1. The van der Waals surface area contributed by atoms with Crippen LogP contribution in [0.4, 0.5) is 5.69 Å². The lowest BCUT2D eigenvalue weighted by molar-refractivity contribution is -0.117. The zero-order chi connectivity index (χ0) is 21.0. The Balaban J connectivity index is 1.52. The number of anilines is 1. The summed E-state index contributed by atoms with van der Waals surface area (Å²) >= 11 is 0. The smallest absolute Gasteiger partial charge is 0.238 e. The zero-order valence-electron chi connectivity index (χ0n) is 17.1. The number of para-hydroxylation sites is 1. The minimum Gasteiger partial charge on any atom is -0.457 e. The summed E-state index contributed by atoms with van der Waals surface area (Å²) < 4.78 is 11.2. The number of morpholine rings is 1. The van der Waals surface area contributed by atoms with Gasteiger partial charge in [-0.2, -0.15) is 5.26 Å². The molecule has 1 heterocycles. The number of nitriles is 1. The number of nitrogens with one attached hydrogen (secondary N) is 1. The van der Waals surface area contributed by atoms with Crippen LogP contribution in [-0.4, -0.2) is 68.2 Å². The number of amides is 1. The van der Waals surface area contributed by atoms with Crippen LogP contribution in [0.3, 0.4) is 0 Å². The maximum atomic E-state index is 12.6. The van der Waals surface area contributed by atoms with Crippen LogP contribution in [-0.2, 0) is 9.53 Å². The van der Waals surface area contributed by atoms with Crippen molar-refractivity contribution in [2.75, 3.05) is 57.8 Å². The minimum absolute atomic E-state index is 0.105. The molecule has 0 saturated carbocycles. The van der Waals surface area contributed by atoms with Gasteiger partial charge in [-0.3, -0.25) is 14.6 Å². The van der Waals surface area contributed by atoms with Crippen molar-refractivity contribution >= 4 is 11.6 Å².